The number of aromatic nitrogens is 2. The van der Waals surface area contributed by atoms with Crippen molar-refractivity contribution in [2.45, 2.75) is 27.2 Å². The van der Waals surface area contributed by atoms with Crippen molar-refractivity contribution in [1.29, 1.82) is 0 Å². The summed E-state index contributed by atoms with van der Waals surface area (Å²) in [7, 11) is 1.66. The van der Waals surface area contributed by atoms with Gasteiger partial charge in [0.1, 0.15) is 11.6 Å². The molecule has 0 amide bonds. The summed E-state index contributed by atoms with van der Waals surface area (Å²) in [4.78, 5) is 9.30. The molecular weight excluding hydrogens is 250 g/mol. The molecule has 1 N–H and O–H groups in total. The monoisotopic (exact) mass is 271 g/mol. The minimum Gasteiger partial charge on any atom is -0.497 e. The van der Waals surface area contributed by atoms with Crippen LogP contribution in [0.4, 0.5) is 5.82 Å². The zero-order valence-corrected chi connectivity index (χ0v) is 12.5. The van der Waals surface area contributed by atoms with E-state index < -0.39 is 0 Å². The zero-order chi connectivity index (χ0) is 14.5. The molecule has 0 spiro atoms. The van der Waals surface area contributed by atoms with E-state index in [0.29, 0.717) is 0 Å². The second kappa shape index (κ2) is 6.37. The Bertz CT molecular complexity index is 579. The molecule has 0 bridgehead atoms. The lowest BCUT2D eigenvalue weighted by Gasteiger charge is -2.12. The number of nitrogens with one attached hydrogen (secondary N) is 1. The molecule has 0 aliphatic heterocycles. The molecule has 4 heteroatoms. The number of nitrogens with zero attached hydrogens (tertiary/aromatic N) is 2. The number of ether oxygens (including phenoxy) is 1. The number of rotatable bonds is 5. The molecule has 0 unspecified atom stereocenters. The lowest BCUT2D eigenvalue weighted by molar-refractivity contribution is 0.415. The molecule has 106 valence electrons. The number of benzene rings is 1. The first-order chi connectivity index (χ1) is 9.69. The predicted octanol–water partition coefficient (Wildman–Crippen LogP) is 3.45. The van der Waals surface area contributed by atoms with Crippen molar-refractivity contribution in [3.05, 3.63) is 35.5 Å². The Labute approximate surface area is 120 Å². The summed E-state index contributed by atoms with van der Waals surface area (Å²) in [5.74, 6) is 2.51. The van der Waals surface area contributed by atoms with Gasteiger partial charge in [-0.1, -0.05) is 6.92 Å². The Morgan fingerprint density at radius 2 is 1.80 bits per heavy atom. The van der Waals surface area contributed by atoms with Crippen molar-refractivity contribution in [3.8, 4) is 17.1 Å². The van der Waals surface area contributed by atoms with E-state index in [1.807, 2.05) is 24.3 Å². The first kappa shape index (κ1) is 14.3. The summed E-state index contributed by atoms with van der Waals surface area (Å²) in [5, 5.41) is 3.31. The fourth-order valence-electron chi connectivity index (χ4n) is 2.12. The Morgan fingerprint density at radius 1 is 1.10 bits per heavy atom. The molecule has 2 rings (SSSR count). The normalized spacial score (nSPS) is 10.4. The number of hydrogen-bond acceptors (Lipinski definition) is 4. The quantitative estimate of drug-likeness (QED) is 0.904. The van der Waals surface area contributed by atoms with Crippen molar-refractivity contribution in [2.75, 3.05) is 19.0 Å². The molecule has 1 aromatic carbocycles. The van der Waals surface area contributed by atoms with Gasteiger partial charge in [-0.25, -0.2) is 9.97 Å². The van der Waals surface area contributed by atoms with Gasteiger partial charge in [0.25, 0.3) is 0 Å². The lowest BCUT2D eigenvalue weighted by atomic mass is 10.1. The standard InChI is InChI=1S/C16H21N3O/c1-5-14-11(3)15(17-6-2)19-16(18-14)12-7-9-13(20-4)10-8-12/h7-10H,5-6H2,1-4H3,(H,17,18,19). The molecule has 0 aliphatic rings. The first-order valence-corrected chi connectivity index (χ1v) is 6.95. The Balaban J connectivity index is 2.46. The van der Waals surface area contributed by atoms with E-state index in [1.54, 1.807) is 7.11 Å². The van der Waals surface area contributed by atoms with Crippen LogP contribution in [0.5, 0.6) is 5.75 Å². The summed E-state index contributed by atoms with van der Waals surface area (Å²) in [6, 6.07) is 7.82. The number of methoxy groups -OCH3 is 1. The molecule has 0 saturated carbocycles. The summed E-state index contributed by atoms with van der Waals surface area (Å²) < 4.78 is 5.18. The van der Waals surface area contributed by atoms with Crippen LogP contribution in [0.1, 0.15) is 25.1 Å². The van der Waals surface area contributed by atoms with Gasteiger partial charge in [-0.2, -0.15) is 0 Å². The van der Waals surface area contributed by atoms with E-state index in [2.05, 4.69) is 36.1 Å². The smallest absolute Gasteiger partial charge is 0.161 e. The number of hydrogen-bond donors (Lipinski definition) is 1. The molecule has 0 fully saturated rings. The van der Waals surface area contributed by atoms with Crippen molar-refractivity contribution in [1.82, 2.24) is 9.97 Å². The largest absolute Gasteiger partial charge is 0.497 e. The van der Waals surface area contributed by atoms with E-state index in [9.17, 15) is 0 Å². The van der Waals surface area contributed by atoms with Crippen molar-refractivity contribution in [3.63, 3.8) is 0 Å². The van der Waals surface area contributed by atoms with Crippen molar-refractivity contribution in [2.24, 2.45) is 0 Å². The maximum absolute atomic E-state index is 5.18. The van der Waals surface area contributed by atoms with Gasteiger partial charge >= 0.3 is 0 Å². The second-order valence-corrected chi connectivity index (χ2v) is 4.58. The van der Waals surface area contributed by atoms with Gasteiger partial charge in [0.2, 0.25) is 0 Å². The van der Waals surface area contributed by atoms with Crippen molar-refractivity contribution >= 4 is 5.82 Å². The Morgan fingerprint density at radius 3 is 2.35 bits per heavy atom. The van der Waals surface area contributed by atoms with Gasteiger partial charge in [0.05, 0.1) is 7.11 Å². The van der Waals surface area contributed by atoms with Gasteiger partial charge in [-0.15, -0.1) is 0 Å². The summed E-state index contributed by atoms with van der Waals surface area (Å²) in [6.45, 7) is 7.10. The minimum absolute atomic E-state index is 0.756. The van der Waals surface area contributed by atoms with E-state index in [1.165, 1.54) is 0 Å². The average molecular weight is 271 g/mol. The van der Waals surface area contributed by atoms with E-state index >= 15 is 0 Å². The minimum atomic E-state index is 0.756. The topological polar surface area (TPSA) is 47.0 Å². The SMILES string of the molecule is CCNc1nc(-c2ccc(OC)cc2)nc(CC)c1C. The summed E-state index contributed by atoms with van der Waals surface area (Å²) in [6.07, 6.45) is 0.899. The molecule has 0 atom stereocenters. The highest BCUT2D eigenvalue weighted by molar-refractivity contribution is 5.60. The third-order valence-corrected chi connectivity index (χ3v) is 3.27. The highest BCUT2D eigenvalue weighted by Gasteiger charge is 2.10. The summed E-state index contributed by atoms with van der Waals surface area (Å²) >= 11 is 0. The zero-order valence-electron chi connectivity index (χ0n) is 12.5. The summed E-state index contributed by atoms with van der Waals surface area (Å²) in [5.41, 5.74) is 3.22. The van der Waals surface area contributed by atoms with Crippen LogP contribution < -0.4 is 10.1 Å². The molecule has 0 aliphatic carbocycles. The van der Waals surface area contributed by atoms with Crippen LogP contribution in [0, 0.1) is 6.92 Å². The lowest BCUT2D eigenvalue weighted by Crippen LogP contribution is -2.07. The molecule has 20 heavy (non-hydrogen) atoms. The fourth-order valence-corrected chi connectivity index (χ4v) is 2.12. The van der Waals surface area contributed by atoms with Crippen LogP contribution in [0.25, 0.3) is 11.4 Å². The average Bonchev–Trinajstić information content (AvgIpc) is 2.49. The van der Waals surface area contributed by atoms with Gasteiger partial charge in [0, 0.05) is 23.4 Å². The van der Waals surface area contributed by atoms with Gasteiger partial charge in [-0.05, 0) is 44.5 Å². The van der Waals surface area contributed by atoms with Gasteiger partial charge < -0.3 is 10.1 Å². The van der Waals surface area contributed by atoms with E-state index in [4.69, 9.17) is 4.74 Å². The van der Waals surface area contributed by atoms with Gasteiger partial charge in [-0.3, -0.25) is 0 Å². The molecule has 0 saturated heterocycles. The maximum atomic E-state index is 5.18. The van der Waals surface area contributed by atoms with Crippen molar-refractivity contribution < 1.29 is 4.74 Å². The maximum Gasteiger partial charge on any atom is 0.161 e. The molecular formula is C16H21N3O. The molecule has 1 heterocycles. The second-order valence-electron chi connectivity index (χ2n) is 4.58. The molecule has 2 aromatic rings. The first-order valence-electron chi connectivity index (χ1n) is 6.95. The molecule has 0 radical (unpaired) electrons. The fraction of sp³-hybridized carbons (Fsp3) is 0.375. The third kappa shape index (κ3) is 2.90. The van der Waals surface area contributed by atoms with Gasteiger partial charge in [0.15, 0.2) is 5.82 Å². The van der Waals surface area contributed by atoms with Crippen LogP contribution in [-0.2, 0) is 6.42 Å². The molecule has 4 nitrogen and oxygen atoms in total. The van der Waals surface area contributed by atoms with E-state index in [-0.39, 0.29) is 0 Å². The highest BCUT2D eigenvalue weighted by Crippen LogP contribution is 2.24. The highest BCUT2D eigenvalue weighted by atomic mass is 16.5. The molecule has 1 aromatic heterocycles. The number of aryl methyl sites for hydroxylation is 1. The van der Waals surface area contributed by atoms with Crippen LogP contribution in [0.15, 0.2) is 24.3 Å². The Hall–Kier alpha value is -2.10. The third-order valence-electron chi connectivity index (χ3n) is 3.27. The Kier molecular flexibility index (Phi) is 4.56. The van der Waals surface area contributed by atoms with Crippen LogP contribution >= 0.6 is 0 Å². The van der Waals surface area contributed by atoms with E-state index in [0.717, 1.165) is 47.2 Å². The predicted molar refractivity (Wildman–Crippen MR) is 82.3 cm³/mol. The van der Waals surface area contributed by atoms with Crippen LogP contribution in [0.2, 0.25) is 0 Å². The van der Waals surface area contributed by atoms with Crippen LogP contribution in [0.3, 0.4) is 0 Å². The number of anilines is 1. The van der Waals surface area contributed by atoms with Crippen LogP contribution in [-0.4, -0.2) is 23.6 Å².